The van der Waals surface area contributed by atoms with Crippen LogP contribution in [0.25, 0.3) is 0 Å². The van der Waals surface area contributed by atoms with E-state index in [0.717, 1.165) is 10.5 Å². The number of nitrogens with one attached hydrogen (secondary N) is 1. The quantitative estimate of drug-likeness (QED) is 0.533. The van der Waals surface area contributed by atoms with Crippen molar-refractivity contribution >= 4 is 11.6 Å². The van der Waals surface area contributed by atoms with Gasteiger partial charge in [-0.15, -0.1) is 0 Å². The first-order valence-corrected chi connectivity index (χ1v) is 5.75. The molecule has 0 atom stereocenters. The third-order valence-electron chi connectivity index (χ3n) is 2.64. The van der Waals surface area contributed by atoms with Crippen LogP contribution in [0, 0.1) is 6.92 Å². The minimum absolute atomic E-state index is 0.126. The molecule has 0 radical (unpaired) electrons. The number of carbonyl (C=O) groups is 1. The van der Waals surface area contributed by atoms with Crippen molar-refractivity contribution in [2.45, 2.75) is 13.3 Å². The highest BCUT2D eigenvalue weighted by Crippen LogP contribution is 2.17. The molecule has 0 aromatic heterocycles. The van der Waals surface area contributed by atoms with Crippen LogP contribution >= 0.6 is 0 Å². The predicted molar refractivity (Wildman–Crippen MR) is 68.0 cm³/mol. The molecule has 0 saturated heterocycles. The lowest BCUT2D eigenvalue weighted by atomic mass is 10.1. The van der Waals surface area contributed by atoms with Crippen molar-refractivity contribution in [3.05, 3.63) is 29.3 Å². The second kappa shape index (κ2) is 7.01. The van der Waals surface area contributed by atoms with Crippen molar-refractivity contribution in [1.82, 2.24) is 4.90 Å². The van der Waals surface area contributed by atoms with E-state index >= 15 is 0 Å². The van der Waals surface area contributed by atoms with E-state index in [0.29, 0.717) is 5.69 Å². The smallest absolute Gasteiger partial charge is 0.255 e. The van der Waals surface area contributed by atoms with Crippen LogP contribution in [-0.4, -0.2) is 42.0 Å². The maximum Gasteiger partial charge on any atom is 0.255 e. The van der Waals surface area contributed by atoms with Gasteiger partial charge in [0, 0.05) is 12.1 Å². The molecule has 0 aliphatic rings. The number of aliphatic hydroxyl groups is 1. The Morgan fingerprint density at radius 1 is 1.53 bits per heavy atom. The van der Waals surface area contributed by atoms with Crippen LogP contribution < -0.4 is 11.3 Å². The Balaban J connectivity index is 2.92. The molecule has 0 saturated carbocycles. The third-order valence-corrected chi connectivity index (χ3v) is 2.64. The summed E-state index contributed by atoms with van der Waals surface area (Å²) in [7, 11) is 0. The molecule has 1 amide bonds. The van der Waals surface area contributed by atoms with Gasteiger partial charge in [0.15, 0.2) is 0 Å². The zero-order valence-electron chi connectivity index (χ0n) is 10.6. The predicted octanol–water partition coefficient (Wildman–Crippen LogP) is 0.980. The first-order valence-electron chi connectivity index (χ1n) is 5.75. The number of amides is 1. The Morgan fingerprint density at radius 3 is 2.68 bits per heavy atom. The number of nitrogen functional groups attached to an aromatic ring is 1. The number of hydrogen-bond acceptors (Lipinski definition) is 4. The van der Waals surface area contributed by atoms with E-state index in [-0.39, 0.29) is 18.7 Å². The van der Waals surface area contributed by atoms with Gasteiger partial charge in [-0.3, -0.25) is 10.6 Å². The molecule has 0 heterocycles. The molecule has 0 unspecified atom stereocenters. The van der Waals surface area contributed by atoms with Gasteiger partial charge in [0.05, 0.1) is 18.8 Å². The van der Waals surface area contributed by atoms with Gasteiger partial charge in [-0.25, -0.2) is 8.78 Å². The van der Waals surface area contributed by atoms with Gasteiger partial charge in [-0.05, 0) is 30.7 Å². The zero-order valence-corrected chi connectivity index (χ0v) is 10.6. The van der Waals surface area contributed by atoms with Gasteiger partial charge < -0.3 is 15.4 Å². The molecule has 1 aromatic carbocycles. The molecular formula is C12H17F2N3O2. The van der Waals surface area contributed by atoms with E-state index in [9.17, 15) is 13.6 Å². The lowest BCUT2D eigenvalue weighted by molar-refractivity contribution is 0.0509. The number of hydrazine groups is 1. The Morgan fingerprint density at radius 2 is 2.21 bits per heavy atom. The molecule has 0 spiro atoms. The summed E-state index contributed by atoms with van der Waals surface area (Å²) in [6.45, 7) is 0.559. The van der Waals surface area contributed by atoms with Gasteiger partial charge >= 0.3 is 0 Å². The number of rotatable bonds is 6. The number of aliphatic hydroxyl groups excluding tert-OH is 1. The number of nitrogens with zero attached hydrogens (tertiary/aromatic N) is 1. The number of hydrogen-bond donors (Lipinski definition) is 3. The SMILES string of the molecule is Cc1cc(C(=O)N(CCO)CC(F)F)ccc1NN. The maximum atomic E-state index is 12.4. The lowest BCUT2D eigenvalue weighted by Gasteiger charge is -2.21. The molecule has 0 aliphatic heterocycles. The van der Waals surface area contributed by atoms with Gasteiger partial charge in [0.25, 0.3) is 12.3 Å². The highest BCUT2D eigenvalue weighted by atomic mass is 19.3. The fourth-order valence-corrected chi connectivity index (χ4v) is 1.70. The molecule has 7 heteroatoms. The molecule has 0 aliphatic carbocycles. The molecule has 1 rings (SSSR count). The van der Waals surface area contributed by atoms with E-state index in [1.54, 1.807) is 19.1 Å². The van der Waals surface area contributed by atoms with Crippen LogP contribution in [0.2, 0.25) is 0 Å². The minimum Gasteiger partial charge on any atom is -0.395 e. The largest absolute Gasteiger partial charge is 0.395 e. The van der Waals surface area contributed by atoms with Gasteiger partial charge in [-0.1, -0.05) is 0 Å². The first kappa shape index (κ1) is 15.3. The average molecular weight is 273 g/mol. The van der Waals surface area contributed by atoms with Crippen molar-refractivity contribution in [1.29, 1.82) is 0 Å². The summed E-state index contributed by atoms with van der Waals surface area (Å²) in [5.74, 6) is 4.73. The van der Waals surface area contributed by atoms with Gasteiger partial charge in [0.1, 0.15) is 0 Å². The van der Waals surface area contributed by atoms with Crippen molar-refractivity contribution in [3.8, 4) is 0 Å². The number of halogens is 2. The van der Waals surface area contributed by atoms with E-state index < -0.39 is 18.9 Å². The molecule has 19 heavy (non-hydrogen) atoms. The molecule has 1 aromatic rings. The van der Waals surface area contributed by atoms with E-state index in [2.05, 4.69) is 5.43 Å². The van der Waals surface area contributed by atoms with Gasteiger partial charge in [-0.2, -0.15) is 0 Å². The summed E-state index contributed by atoms with van der Waals surface area (Å²) in [6, 6.07) is 4.66. The number of benzene rings is 1. The molecule has 4 N–H and O–H groups in total. The van der Waals surface area contributed by atoms with Crippen LogP contribution in [-0.2, 0) is 0 Å². The lowest BCUT2D eigenvalue weighted by Crippen LogP contribution is -2.37. The maximum absolute atomic E-state index is 12.4. The van der Waals surface area contributed by atoms with Crippen molar-refractivity contribution < 1.29 is 18.7 Å². The summed E-state index contributed by atoms with van der Waals surface area (Å²) in [6.07, 6.45) is -2.64. The fourth-order valence-electron chi connectivity index (χ4n) is 1.70. The topological polar surface area (TPSA) is 78.6 Å². The normalized spacial score (nSPS) is 10.6. The Kier molecular flexibility index (Phi) is 5.65. The summed E-state index contributed by atoms with van der Waals surface area (Å²) >= 11 is 0. The second-order valence-electron chi connectivity index (χ2n) is 4.04. The van der Waals surface area contributed by atoms with E-state index in [1.165, 1.54) is 6.07 Å². The first-order chi connectivity index (χ1) is 8.99. The molecule has 5 nitrogen and oxygen atoms in total. The summed E-state index contributed by atoms with van der Waals surface area (Å²) < 4.78 is 24.8. The summed E-state index contributed by atoms with van der Waals surface area (Å²) in [5.41, 5.74) is 4.13. The minimum atomic E-state index is -2.64. The molecule has 0 bridgehead atoms. The number of alkyl halides is 2. The second-order valence-corrected chi connectivity index (χ2v) is 4.04. The third kappa shape index (κ3) is 4.15. The Bertz CT molecular complexity index is 441. The zero-order chi connectivity index (χ0) is 14.4. The van der Waals surface area contributed by atoms with Crippen LogP contribution in [0.4, 0.5) is 14.5 Å². The highest BCUT2D eigenvalue weighted by Gasteiger charge is 2.19. The Labute approximate surface area is 110 Å². The van der Waals surface area contributed by atoms with Crippen LogP contribution in [0.5, 0.6) is 0 Å². The Hall–Kier alpha value is -1.73. The number of aryl methyl sites for hydroxylation is 1. The van der Waals surface area contributed by atoms with Crippen molar-refractivity contribution in [2.24, 2.45) is 5.84 Å². The van der Waals surface area contributed by atoms with Crippen molar-refractivity contribution in [2.75, 3.05) is 25.1 Å². The molecule has 106 valence electrons. The van der Waals surface area contributed by atoms with Crippen LogP contribution in [0.1, 0.15) is 15.9 Å². The van der Waals surface area contributed by atoms with Crippen LogP contribution in [0.15, 0.2) is 18.2 Å². The van der Waals surface area contributed by atoms with Gasteiger partial charge in [0.2, 0.25) is 0 Å². The van der Waals surface area contributed by atoms with E-state index in [1.807, 2.05) is 0 Å². The standard InChI is InChI=1S/C12H17F2N3O2/c1-8-6-9(2-3-10(8)16-15)12(19)17(4-5-18)7-11(13)14/h2-3,6,11,16,18H,4-5,7,15H2,1H3. The van der Waals surface area contributed by atoms with Crippen molar-refractivity contribution in [3.63, 3.8) is 0 Å². The number of nitrogens with two attached hydrogens (primary N) is 1. The van der Waals surface area contributed by atoms with E-state index in [4.69, 9.17) is 10.9 Å². The number of carbonyl (C=O) groups excluding carboxylic acids is 1. The molecule has 0 fully saturated rings. The number of anilines is 1. The van der Waals surface area contributed by atoms with Crippen LogP contribution in [0.3, 0.4) is 0 Å². The fraction of sp³-hybridized carbons (Fsp3) is 0.417. The average Bonchev–Trinajstić information content (AvgIpc) is 2.36. The summed E-state index contributed by atoms with van der Waals surface area (Å²) in [5, 5.41) is 8.82. The summed E-state index contributed by atoms with van der Waals surface area (Å²) in [4.78, 5) is 13.0. The molecular weight excluding hydrogens is 256 g/mol. The highest BCUT2D eigenvalue weighted by molar-refractivity contribution is 5.95. The monoisotopic (exact) mass is 273 g/mol.